The summed E-state index contributed by atoms with van der Waals surface area (Å²) in [4.78, 5) is 12.4. The molecule has 3 nitrogen and oxygen atoms in total. The number of aromatic nitrogens is 1. The Labute approximate surface area is 125 Å². The highest BCUT2D eigenvalue weighted by molar-refractivity contribution is 5.99. The van der Waals surface area contributed by atoms with Gasteiger partial charge >= 0.3 is 0 Å². The summed E-state index contributed by atoms with van der Waals surface area (Å²) < 4.78 is 2.18. The third-order valence-electron chi connectivity index (χ3n) is 4.25. The topological polar surface area (TPSA) is 42.2 Å². The van der Waals surface area contributed by atoms with Crippen LogP contribution in [0.4, 0.5) is 0 Å². The second-order valence-electron chi connectivity index (χ2n) is 6.75. The normalized spacial score (nSPS) is 16.9. The van der Waals surface area contributed by atoms with Crippen LogP contribution in [0.1, 0.15) is 47.6 Å². The number of aliphatic hydroxyl groups excluding tert-OH is 1. The van der Waals surface area contributed by atoms with Crippen LogP contribution in [0, 0.1) is 12.3 Å². The van der Waals surface area contributed by atoms with Crippen molar-refractivity contribution in [3.63, 3.8) is 0 Å². The number of hydrogen-bond donors (Lipinski definition) is 1. The first kappa shape index (κ1) is 14.1. The van der Waals surface area contributed by atoms with Crippen molar-refractivity contribution in [2.75, 3.05) is 0 Å². The van der Waals surface area contributed by atoms with Gasteiger partial charge in [-0.1, -0.05) is 26.0 Å². The zero-order valence-corrected chi connectivity index (χ0v) is 12.8. The van der Waals surface area contributed by atoms with Gasteiger partial charge in [0.05, 0.1) is 6.61 Å². The molecular formula is C18H21NO2. The molecule has 1 aromatic heterocycles. The zero-order chi connectivity index (χ0) is 15.2. The summed E-state index contributed by atoms with van der Waals surface area (Å²) in [5.74, 6) is 0.245. The quantitative estimate of drug-likeness (QED) is 0.917. The summed E-state index contributed by atoms with van der Waals surface area (Å²) in [7, 11) is 0. The molecule has 0 atom stereocenters. The third kappa shape index (κ3) is 2.42. The molecule has 0 spiro atoms. The van der Waals surface area contributed by atoms with Gasteiger partial charge in [-0.05, 0) is 42.5 Å². The molecule has 1 heterocycles. The molecule has 1 aliphatic rings. The number of nitrogens with zero attached hydrogens (tertiary/aromatic N) is 1. The zero-order valence-electron chi connectivity index (χ0n) is 12.8. The number of carbonyl (C=O) groups is 1. The average molecular weight is 283 g/mol. The van der Waals surface area contributed by atoms with Gasteiger partial charge in [-0.3, -0.25) is 4.79 Å². The predicted molar refractivity (Wildman–Crippen MR) is 82.9 cm³/mol. The fraction of sp³-hybridized carbons (Fsp3) is 0.389. The highest BCUT2D eigenvalue weighted by atomic mass is 16.3. The molecule has 0 saturated heterocycles. The SMILES string of the molecule is Cc1cc2c(n1-c1ccc(CO)cc1)CC(C)(C)CC2=O. The lowest BCUT2D eigenvalue weighted by atomic mass is 9.76. The van der Waals surface area contributed by atoms with Crippen molar-refractivity contribution in [1.82, 2.24) is 4.57 Å². The Morgan fingerprint density at radius 2 is 1.86 bits per heavy atom. The molecule has 1 aliphatic carbocycles. The molecule has 0 unspecified atom stereocenters. The molecule has 0 saturated carbocycles. The van der Waals surface area contributed by atoms with E-state index >= 15 is 0 Å². The number of rotatable bonds is 2. The number of hydrogen-bond acceptors (Lipinski definition) is 2. The Morgan fingerprint density at radius 3 is 2.48 bits per heavy atom. The van der Waals surface area contributed by atoms with Crippen molar-refractivity contribution in [2.45, 2.75) is 40.2 Å². The average Bonchev–Trinajstić information content (AvgIpc) is 2.74. The van der Waals surface area contributed by atoms with Crippen LogP contribution in [-0.4, -0.2) is 15.5 Å². The molecular weight excluding hydrogens is 262 g/mol. The minimum Gasteiger partial charge on any atom is -0.392 e. The molecule has 1 aromatic carbocycles. The second kappa shape index (κ2) is 4.85. The van der Waals surface area contributed by atoms with Crippen LogP contribution in [0.2, 0.25) is 0 Å². The maximum Gasteiger partial charge on any atom is 0.165 e. The monoisotopic (exact) mass is 283 g/mol. The van der Waals surface area contributed by atoms with Crippen molar-refractivity contribution >= 4 is 5.78 Å². The molecule has 21 heavy (non-hydrogen) atoms. The van der Waals surface area contributed by atoms with Gasteiger partial charge in [0.25, 0.3) is 0 Å². The standard InChI is InChI=1S/C18H21NO2/c1-12-8-15-16(9-18(2,3)10-17(15)21)19(12)14-6-4-13(11-20)5-7-14/h4-8,20H,9-11H2,1-3H3. The van der Waals surface area contributed by atoms with E-state index in [-0.39, 0.29) is 17.8 Å². The van der Waals surface area contributed by atoms with Crippen LogP contribution < -0.4 is 0 Å². The first-order chi connectivity index (χ1) is 9.91. The Balaban J connectivity index is 2.13. The molecule has 3 heteroatoms. The van der Waals surface area contributed by atoms with Gasteiger partial charge in [-0.2, -0.15) is 0 Å². The minimum atomic E-state index is 0.0116. The summed E-state index contributed by atoms with van der Waals surface area (Å²) >= 11 is 0. The number of carbonyl (C=O) groups excluding carboxylic acids is 1. The summed E-state index contributed by atoms with van der Waals surface area (Å²) in [6, 6.07) is 9.87. The first-order valence-electron chi connectivity index (χ1n) is 7.36. The van der Waals surface area contributed by atoms with Crippen LogP contribution in [-0.2, 0) is 13.0 Å². The Bertz CT molecular complexity index is 693. The van der Waals surface area contributed by atoms with Gasteiger partial charge in [0.15, 0.2) is 5.78 Å². The maximum absolute atomic E-state index is 12.4. The fourth-order valence-corrected chi connectivity index (χ4v) is 3.26. The van der Waals surface area contributed by atoms with Crippen LogP contribution in [0.3, 0.4) is 0 Å². The minimum absolute atomic E-state index is 0.0116. The van der Waals surface area contributed by atoms with Crippen LogP contribution >= 0.6 is 0 Å². The Kier molecular flexibility index (Phi) is 3.25. The summed E-state index contributed by atoms with van der Waals surface area (Å²) in [6.45, 7) is 6.39. The molecule has 2 aromatic rings. The van der Waals surface area contributed by atoms with E-state index in [2.05, 4.69) is 18.4 Å². The van der Waals surface area contributed by atoms with Gasteiger partial charge in [0.1, 0.15) is 0 Å². The van der Waals surface area contributed by atoms with Crippen LogP contribution in [0.25, 0.3) is 5.69 Å². The number of Topliss-reactive ketones (excluding diaryl/α,β-unsaturated/α-hetero) is 1. The third-order valence-corrected chi connectivity index (χ3v) is 4.25. The van der Waals surface area contributed by atoms with Crippen molar-refractivity contribution in [1.29, 1.82) is 0 Å². The summed E-state index contributed by atoms with van der Waals surface area (Å²) in [5.41, 5.74) is 5.04. The van der Waals surface area contributed by atoms with E-state index in [9.17, 15) is 4.79 Å². The Morgan fingerprint density at radius 1 is 1.19 bits per heavy atom. The molecule has 1 N–H and O–H groups in total. The first-order valence-corrected chi connectivity index (χ1v) is 7.36. The van der Waals surface area contributed by atoms with Crippen molar-refractivity contribution in [3.05, 3.63) is 52.8 Å². The van der Waals surface area contributed by atoms with E-state index in [1.165, 1.54) is 0 Å². The molecule has 0 amide bonds. The maximum atomic E-state index is 12.4. The number of benzene rings is 1. The van der Waals surface area contributed by atoms with Gasteiger partial charge in [-0.15, -0.1) is 0 Å². The van der Waals surface area contributed by atoms with E-state index in [0.29, 0.717) is 6.42 Å². The lowest BCUT2D eigenvalue weighted by Crippen LogP contribution is -2.27. The lowest BCUT2D eigenvalue weighted by molar-refractivity contribution is 0.0911. The highest BCUT2D eigenvalue weighted by Gasteiger charge is 2.34. The summed E-state index contributed by atoms with van der Waals surface area (Å²) in [5, 5.41) is 9.16. The van der Waals surface area contributed by atoms with Gasteiger partial charge in [0.2, 0.25) is 0 Å². The van der Waals surface area contributed by atoms with E-state index in [1.54, 1.807) is 0 Å². The van der Waals surface area contributed by atoms with Gasteiger partial charge in [0, 0.05) is 29.1 Å². The summed E-state index contributed by atoms with van der Waals surface area (Å²) in [6.07, 6.45) is 1.52. The van der Waals surface area contributed by atoms with E-state index in [0.717, 1.165) is 34.6 Å². The van der Waals surface area contributed by atoms with Gasteiger partial charge < -0.3 is 9.67 Å². The van der Waals surface area contributed by atoms with Crippen molar-refractivity contribution in [2.24, 2.45) is 5.41 Å². The molecule has 3 rings (SSSR count). The van der Waals surface area contributed by atoms with Crippen LogP contribution in [0.15, 0.2) is 30.3 Å². The predicted octanol–water partition coefficient (Wildman–Crippen LogP) is 3.43. The molecule has 0 bridgehead atoms. The van der Waals surface area contributed by atoms with Crippen molar-refractivity contribution < 1.29 is 9.90 Å². The molecule has 110 valence electrons. The molecule has 0 fully saturated rings. The smallest absolute Gasteiger partial charge is 0.165 e. The van der Waals surface area contributed by atoms with E-state index in [1.807, 2.05) is 37.3 Å². The highest BCUT2D eigenvalue weighted by Crippen LogP contribution is 2.37. The number of fused-ring (bicyclic) bond motifs is 1. The largest absolute Gasteiger partial charge is 0.392 e. The van der Waals surface area contributed by atoms with Crippen LogP contribution in [0.5, 0.6) is 0 Å². The van der Waals surface area contributed by atoms with E-state index < -0.39 is 0 Å². The number of ketones is 1. The van der Waals surface area contributed by atoms with E-state index in [4.69, 9.17) is 5.11 Å². The second-order valence-corrected chi connectivity index (χ2v) is 6.75. The Hall–Kier alpha value is -1.87. The van der Waals surface area contributed by atoms with Gasteiger partial charge in [-0.25, -0.2) is 0 Å². The number of aliphatic hydroxyl groups is 1. The lowest BCUT2D eigenvalue weighted by Gasteiger charge is -2.29. The fourth-order valence-electron chi connectivity index (χ4n) is 3.26. The molecule has 0 aliphatic heterocycles. The molecule has 0 radical (unpaired) electrons. The number of aryl methyl sites for hydroxylation is 1. The van der Waals surface area contributed by atoms with Crippen molar-refractivity contribution in [3.8, 4) is 5.69 Å².